The van der Waals surface area contributed by atoms with Gasteiger partial charge in [-0.05, 0) is 48.6 Å². The molecule has 0 aliphatic heterocycles. The van der Waals surface area contributed by atoms with Gasteiger partial charge in [0.15, 0.2) is 5.76 Å². The van der Waals surface area contributed by atoms with Crippen molar-refractivity contribution in [1.82, 2.24) is 30.6 Å². The van der Waals surface area contributed by atoms with Gasteiger partial charge in [-0.2, -0.15) is 0 Å². The van der Waals surface area contributed by atoms with Gasteiger partial charge >= 0.3 is 0 Å². The van der Waals surface area contributed by atoms with Crippen LogP contribution in [0.2, 0.25) is 0 Å². The first-order valence-corrected chi connectivity index (χ1v) is 12.7. The second kappa shape index (κ2) is 10.3. The summed E-state index contributed by atoms with van der Waals surface area (Å²) in [6.45, 7) is 0.750. The number of rotatable bonds is 8. The molecule has 2 amide bonds. The number of aromatic nitrogens is 4. The number of nitrogens with zero attached hydrogens (tertiary/aromatic N) is 4. The molecule has 5 rings (SSSR count). The molecule has 4 aromatic heterocycles. The van der Waals surface area contributed by atoms with Gasteiger partial charge in [0.2, 0.25) is 5.91 Å². The summed E-state index contributed by atoms with van der Waals surface area (Å²) in [4.78, 5) is 31.4. The van der Waals surface area contributed by atoms with E-state index in [2.05, 4.69) is 25.9 Å². The minimum Gasteiger partial charge on any atom is -0.454 e. The molecule has 4 N–H and O–H groups in total. The van der Waals surface area contributed by atoms with E-state index in [1.165, 1.54) is 0 Å². The van der Waals surface area contributed by atoms with Crippen LogP contribution >= 0.6 is 11.3 Å². The summed E-state index contributed by atoms with van der Waals surface area (Å²) in [5.74, 6) is 0.586. The van der Waals surface area contributed by atoms with Crippen LogP contribution in [0.25, 0.3) is 11.3 Å². The van der Waals surface area contributed by atoms with E-state index in [0.29, 0.717) is 43.2 Å². The quantitative estimate of drug-likeness (QED) is 0.333. The Morgan fingerprint density at radius 2 is 2.00 bits per heavy atom. The molecule has 1 aliphatic carbocycles. The first-order chi connectivity index (χ1) is 17.5. The van der Waals surface area contributed by atoms with Crippen molar-refractivity contribution in [2.24, 2.45) is 0 Å². The monoisotopic (exact) mass is 505 g/mol. The molecule has 0 atom stereocenters. The van der Waals surface area contributed by atoms with Gasteiger partial charge in [0.1, 0.15) is 29.4 Å². The number of hydrogen-bond donors (Lipinski definition) is 3. The number of carbonyl (C=O) groups is 2. The Labute approximate surface area is 211 Å². The summed E-state index contributed by atoms with van der Waals surface area (Å²) in [6.07, 6.45) is 7.42. The maximum atomic E-state index is 13.2. The fourth-order valence-electron chi connectivity index (χ4n) is 4.40. The summed E-state index contributed by atoms with van der Waals surface area (Å²) < 4.78 is 7.42. The summed E-state index contributed by atoms with van der Waals surface area (Å²) in [6, 6.07) is 10.8. The van der Waals surface area contributed by atoms with Crippen molar-refractivity contribution in [2.45, 2.75) is 50.7 Å². The summed E-state index contributed by atoms with van der Waals surface area (Å²) >= 11 is 1.59. The van der Waals surface area contributed by atoms with E-state index in [1.807, 2.05) is 23.6 Å². The zero-order valence-electron chi connectivity index (χ0n) is 19.6. The molecular weight excluding hydrogens is 478 g/mol. The average molecular weight is 506 g/mol. The number of amides is 2. The molecule has 0 aromatic carbocycles. The molecule has 36 heavy (non-hydrogen) atoms. The van der Waals surface area contributed by atoms with E-state index in [1.54, 1.807) is 46.6 Å². The van der Waals surface area contributed by atoms with Crippen LogP contribution in [0.4, 0.5) is 5.82 Å². The average Bonchev–Trinajstić information content (AvgIpc) is 3.66. The van der Waals surface area contributed by atoms with Gasteiger partial charge in [0.25, 0.3) is 5.91 Å². The van der Waals surface area contributed by atoms with Crippen LogP contribution in [0.1, 0.15) is 53.3 Å². The molecule has 1 fully saturated rings. The standard InChI is InChI=1S/C25H27N7O3S/c26-22-9-6-17(13-27-22)20-16-32(31-30-20)15-18-7-8-21(35-18)23(33)29-25(10-2-1-3-11-25)24(34)28-14-19-5-4-12-36-19/h4-9,12-13,16H,1-3,10-11,14-15H2,(H2,26,27)(H,28,34)(H,29,33). The maximum Gasteiger partial charge on any atom is 0.287 e. The van der Waals surface area contributed by atoms with E-state index in [4.69, 9.17) is 10.2 Å². The summed E-state index contributed by atoms with van der Waals surface area (Å²) in [5, 5.41) is 16.3. The van der Waals surface area contributed by atoms with Gasteiger partial charge in [0.05, 0.1) is 12.7 Å². The predicted molar refractivity (Wildman–Crippen MR) is 135 cm³/mol. The smallest absolute Gasteiger partial charge is 0.287 e. The number of thiophene rings is 1. The van der Waals surface area contributed by atoms with Crippen molar-refractivity contribution in [3.05, 3.63) is 70.6 Å². The summed E-state index contributed by atoms with van der Waals surface area (Å²) in [5.41, 5.74) is 6.15. The Bertz CT molecular complexity index is 1320. The molecule has 4 aromatic rings. The second-order valence-electron chi connectivity index (χ2n) is 8.90. The molecular formula is C25H27N7O3S. The van der Waals surface area contributed by atoms with Gasteiger partial charge in [-0.1, -0.05) is 30.5 Å². The first-order valence-electron chi connectivity index (χ1n) is 11.8. The second-order valence-corrected chi connectivity index (χ2v) is 9.93. The third kappa shape index (κ3) is 5.30. The number of nitrogens with one attached hydrogen (secondary N) is 2. The highest BCUT2D eigenvalue weighted by molar-refractivity contribution is 7.09. The predicted octanol–water partition coefficient (Wildman–Crippen LogP) is 3.37. The van der Waals surface area contributed by atoms with Crippen molar-refractivity contribution in [2.75, 3.05) is 5.73 Å². The molecule has 0 radical (unpaired) electrons. The van der Waals surface area contributed by atoms with Gasteiger partial charge in [0, 0.05) is 16.6 Å². The topological polar surface area (TPSA) is 141 Å². The fraction of sp³-hybridized carbons (Fsp3) is 0.320. The highest BCUT2D eigenvalue weighted by Crippen LogP contribution is 2.29. The molecule has 10 nitrogen and oxygen atoms in total. The largest absolute Gasteiger partial charge is 0.454 e. The Kier molecular flexibility index (Phi) is 6.81. The molecule has 0 spiro atoms. The Hall–Kier alpha value is -3.99. The number of carbonyl (C=O) groups excluding carboxylic acids is 2. The van der Waals surface area contributed by atoms with E-state index in [-0.39, 0.29) is 11.7 Å². The molecule has 186 valence electrons. The van der Waals surface area contributed by atoms with Crippen molar-refractivity contribution in [3.63, 3.8) is 0 Å². The summed E-state index contributed by atoms with van der Waals surface area (Å²) in [7, 11) is 0. The van der Waals surface area contributed by atoms with Crippen LogP contribution < -0.4 is 16.4 Å². The SMILES string of the molecule is Nc1ccc(-c2cn(Cc3ccc(C(=O)NC4(C(=O)NCc5cccs5)CCCCC4)o3)nn2)cn1. The van der Waals surface area contributed by atoms with Gasteiger partial charge in [-0.3, -0.25) is 9.59 Å². The van der Waals surface area contributed by atoms with E-state index in [0.717, 1.165) is 29.7 Å². The van der Waals surface area contributed by atoms with Crippen LogP contribution in [-0.4, -0.2) is 37.3 Å². The molecule has 1 aliphatic rings. The lowest BCUT2D eigenvalue weighted by atomic mass is 9.80. The first kappa shape index (κ1) is 23.7. The molecule has 1 saturated carbocycles. The Balaban J connectivity index is 1.24. The zero-order valence-corrected chi connectivity index (χ0v) is 20.5. The molecule has 0 bridgehead atoms. The van der Waals surface area contributed by atoms with E-state index >= 15 is 0 Å². The highest BCUT2D eigenvalue weighted by atomic mass is 32.1. The van der Waals surface area contributed by atoms with Crippen LogP contribution in [0.5, 0.6) is 0 Å². The van der Waals surface area contributed by atoms with Crippen LogP contribution in [0, 0.1) is 0 Å². The fourth-order valence-corrected chi connectivity index (χ4v) is 5.05. The highest BCUT2D eigenvalue weighted by Gasteiger charge is 2.41. The van der Waals surface area contributed by atoms with Crippen LogP contribution in [-0.2, 0) is 17.9 Å². The van der Waals surface area contributed by atoms with Gasteiger partial charge < -0.3 is 20.8 Å². The van der Waals surface area contributed by atoms with Gasteiger partial charge in [-0.15, -0.1) is 16.4 Å². The Morgan fingerprint density at radius 3 is 2.75 bits per heavy atom. The lowest BCUT2D eigenvalue weighted by Gasteiger charge is -2.36. The third-order valence-electron chi connectivity index (χ3n) is 6.32. The lowest BCUT2D eigenvalue weighted by Crippen LogP contribution is -2.59. The molecule has 0 unspecified atom stereocenters. The number of nitrogens with two attached hydrogens (primary N) is 1. The number of hydrogen-bond acceptors (Lipinski definition) is 8. The van der Waals surface area contributed by atoms with Crippen molar-refractivity contribution < 1.29 is 14.0 Å². The van der Waals surface area contributed by atoms with E-state index in [9.17, 15) is 9.59 Å². The van der Waals surface area contributed by atoms with Crippen LogP contribution in [0.15, 0.2) is 58.6 Å². The number of furan rings is 1. The zero-order chi connectivity index (χ0) is 25.0. The minimum absolute atomic E-state index is 0.150. The van der Waals surface area contributed by atoms with Gasteiger partial charge in [-0.25, -0.2) is 9.67 Å². The Morgan fingerprint density at radius 1 is 1.14 bits per heavy atom. The van der Waals surface area contributed by atoms with Crippen molar-refractivity contribution in [1.29, 1.82) is 0 Å². The maximum absolute atomic E-state index is 13.2. The molecule has 11 heteroatoms. The van der Waals surface area contributed by atoms with E-state index < -0.39 is 11.4 Å². The van der Waals surface area contributed by atoms with Crippen molar-refractivity contribution >= 4 is 29.0 Å². The molecule has 4 heterocycles. The number of nitrogen functional groups attached to an aromatic ring is 1. The van der Waals surface area contributed by atoms with Crippen molar-refractivity contribution in [3.8, 4) is 11.3 Å². The minimum atomic E-state index is -0.937. The third-order valence-corrected chi connectivity index (χ3v) is 7.20. The normalized spacial score (nSPS) is 14.9. The van der Waals surface area contributed by atoms with Crippen LogP contribution in [0.3, 0.4) is 0 Å². The number of anilines is 1. The molecule has 0 saturated heterocycles. The lowest BCUT2D eigenvalue weighted by molar-refractivity contribution is -0.128. The number of pyridine rings is 1.